The quantitative estimate of drug-likeness (QED) is 0.739. The molecule has 0 atom stereocenters. The van der Waals surface area contributed by atoms with Crippen LogP contribution < -0.4 is 4.90 Å². The molecule has 4 rings (SSSR count). The van der Waals surface area contributed by atoms with Gasteiger partial charge in [-0.25, -0.2) is 12.8 Å². The van der Waals surface area contributed by atoms with Gasteiger partial charge in [0.2, 0.25) is 5.09 Å². The van der Waals surface area contributed by atoms with Crippen LogP contribution in [0.15, 0.2) is 45.9 Å². The summed E-state index contributed by atoms with van der Waals surface area (Å²) < 4.78 is 51.1. The zero-order valence-electron chi connectivity index (χ0n) is 15.8. The van der Waals surface area contributed by atoms with E-state index in [1.54, 1.807) is 23.1 Å². The van der Waals surface area contributed by atoms with Crippen LogP contribution in [0.5, 0.6) is 0 Å². The summed E-state index contributed by atoms with van der Waals surface area (Å²) in [6, 6.07) is 9.23. The largest absolute Gasteiger partial charge is 0.438 e. The predicted octanol–water partition coefficient (Wildman–Crippen LogP) is 1.40. The van der Waals surface area contributed by atoms with Crippen LogP contribution in [0, 0.1) is 5.82 Å². The number of sulfonamides is 1. The maximum Gasteiger partial charge on any atom is 0.289 e. The summed E-state index contributed by atoms with van der Waals surface area (Å²) in [7, 11) is -3.79. The lowest BCUT2D eigenvalue weighted by molar-refractivity contribution is 0.0696. The Morgan fingerprint density at radius 2 is 1.62 bits per heavy atom. The molecule has 0 unspecified atom stereocenters. The van der Waals surface area contributed by atoms with Gasteiger partial charge in [-0.2, -0.15) is 4.31 Å². The number of rotatable bonds is 4. The molecule has 2 aliphatic rings. The third kappa shape index (κ3) is 4.00. The third-order valence-electron chi connectivity index (χ3n) is 5.12. The van der Waals surface area contributed by atoms with Crippen molar-refractivity contribution in [1.29, 1.82) is 0 Å². The lowest BCUT2D eigenvalue weighted by atomic mass is 10.2. The number of halogens is 1. The van der Waals surface area contributed by atoms with Gasteiger partial charge in [0, 0.05) is 39.3 Å². The highest BCUT2D eigenvalue weighted by molar-refractivity contribution is 7.89. The van der Waals surface area contributed by atoms with Gasteiger partial charge in [0.25, 0.3) is 15.9 Å². The van der Waals surface area contributed by atoms with Crippen LogP contribution in [0.2, 0.25) is 0 Å². The second kappa shape index (κ2) is 8.13. The highest BCUT2D eigenvalue weighted by atomic mass is 32.2. The molecule has 0 aliphatic carbocycles. The monoisotopic (exact) mass is 423 g/mol. The minimum Gasteiger partial charge on any atom is -0.438 e. The SMILES string of the molecule is O=C(c1ccc(S(=O)(=O)N2CCOCC2)o1)N1CCN(c2ccccc2F)CC1. The number of benzene rings is 1. The highest BCUT2D eigenvalue weighted by Gasteiger charge is 2.31. The minimum atomic E-state index is -3.79. The van der Waals surface area contributed by atoms with Gasteiger partial charge in [-0.1, -0.05) is 12.1 Å². The second-order valence-corrected chi connectivity index (χ2v) is 8.73. The Morgan fingerprint density at radius 3 is 2.31 bits per heavy atom. The standard InChI is InChI=1S/C19H22FN3O5S/c20-15-3-1-2-4-16(15)21-7-9-22(10-8-21)19(24)17-5-6-18(28-17)29(25,26)23-11-13-27-14-12-23/h1-6H,7-14H2. The molecular formula is C19H22FN3O5S. The first kappa shape index (κ1) is 19.9. The molecule has 8 nitrogen and oxygen atoms in total. The average Bonchev–Trinajstić information content (AvgIpc) is 3.26. The molecule has 10 heteroatoms. The van der Waals surface area contributed by atoms with E-state index >= 15 is 0 Å². The first-order valence-electron chi connectivity index (χ1n) is 9.43. The third-order valence-corrected chi connectivity index (χ3v) is 6.89. The number of furan rings is 1. The molecule has 2 aromatic rings. The van der Waals surface area contributed by atoms with Gasteiger partial charge >= 0.3 is 0 Å². The Kier molecular flexibility index (Phi) is 5.57. The van der Waals surface area contributed by atoms with Gasteiger partial charge in [-0.15, -0.1) is 0 Å². The zero-order valence-corrected chi connectivity index (χ0v) is 16.6. The smallest absolute Gasteiger partial charge is 0.289 e. The van der Waals surface area contributed by atoms with Gasteiger partial charge in [-0.05, 0) is 24.3 Å². The van der Waals surface area contributed by atoms with Crippen molar-refractivity contribution in [2.24, 2.45) is 0 Å². The topological polar surface area (TPSA) is 83.3 Å². The van der Waals surface area contributed by atoms with Crippen LogP contribution in [-0.2, 0) is 14.8 Å². The molecule has 2 saturated heterocycles. The van der Waals surface area contributed by atoms with Crippen molar-refractivity contribution in [2.75, 3.05) is 57.4 Å². The molecule has 0 N–H and O–H groups in total. The summed E-state index contributed by atoms with van der Waals surface area (Å²) in [6.07, 6.45) is 0. The van der Waals surface area contributed by atoms with E-state index in [1.165, 1.54) is 22.5 Å². The number of amides is 1. The summed E-state index contributed by atoms with van der Waals surface area (Å²) >= 11 is 0. The van der Waals surface area contributed by atoms with E-state index in [1.807, 2.05) is 4.90 Å². The summed E-state index contributed by atoms with van der Waals surface area (Å²) in [5.74, 6) is -0.686. The zero-order chi connectivity index (χ0) is 20.4. The molecule has 2 fully saturated rings. The fourth-order valence-corrected chi connectivity index (χ4v) is 4.82. The molecule has 3 heterocycles. The molecule has 2 aliphatic heterocycles. The molecule has 0 bridgehead atoms. The van der Waals surface area contributed by atoms with Crippen molar-refractivity contribution >= 4 is 21.6 Å². The van der Waals surface area contributed by atoms with Crippen LogP contribution in [0.3, 0.4) is 0 Å². The number of carbonyl (C=O) groups is 1. The van der Waals surface area contributed by atoms with Crippen molar-refractivity contribution < 1.29 is 26.8 Å². The molecule has 156 valence electrons. The Balaban J connectivity index is 1.42. The fraction of sp³-hybridized carbons (Fsp3) is 0.421. The number of carbonyl (C=O) groups excluding carboxylic acids is 1. The maximum absolute atomic E-state index is 14.0. The highest BCUT2D eigenvalue weighted by Crippen LogP contribution is 2.23. The van der Waals surface area contributed by atoms with Gasteiger partial charge in [-0.3, -0.25) is 4.79 Å². The molecule has 1 amide bonds. The molecule has 0 spiro atoms. The number of hydrogen-bond donors (Lipinski definition) is 0. The van der Waals surface area contributed by atoms with E-state index in [-0.39, 0.29) is 35.7 Å². The first-order chi connectivity index (χ1) is 14.0. The van der Waals surface area contributed by atoms with Crippen molar-refractivity contribution in [3.05, 3.63) is 48.0 Å². The number of hydrogen-bond acceptors (Lipinski definition) is 6. The lowest BCUT2D eigenvalue weighted by Crippen LogP contribution is -2.49. The molecule has 0 saturated carbocycles. The molecule has 1 aromatic heterocycles. The lowest BCUT2D eigenvalue weighted by Gasteiger charge is -2.35. The number of para-hydroxylation sites is 1. The van der Waals surface area contributed by atoms with E-state index in [0.717, 1.165) is 0 Å². The van der Waals surface area contributed by atoms with Crippen LogP contribution in [0.25, 0.3) is 0 Å². The predicted molar refractivity (Wildman–Crippen MR) is 103 cm³/mol. The van der Waals surface area contributed by atoms with E-state index < -0.39 is 10.0 Å². The Hall–Kier alpha value is -2.43. The summed E-state index contributed by atoms with van der Waals surface area (Å²) in [5, 5.41) is -0.243. The van der Waals surface area contributed by atoms with E-state index in [9.17, 15) is 17.6 Å². The fourth-order valence-electron chi connectivity index (χ4n) is 3.50. The van der Waals surface area contributed by atoms with Crippen molar-refractivity contribution in [1.82, 2.24) is 9.21 Å². The summed E-state index contributed by atoms with van der Waals surface area (Å²) in [6.45, 7) is 2.90. The van der Waals surface area contributed by atoms with E-state index in [4.69, 9.17) is 9.15 Å². The van der Waals surface area contributed by atoms with Crippen LogP contribution in [-0.4, -0.2) is 76.0 Å². The van der Waals surface area contributed by atoms with Crippen LogP contribution in [0.1, 0.15) is 10.6 Å². The van der Waals surface area contributed by atoms with E-state index in [0.29, 0.717) is 45.1 Å². The van der Waals surface area contributed by atoms with Crippen molar-refractivity contribution in [3.63, 3.8) is 0 Å². The second-order valence-electron chi connectivity index (χ2n) is 6.87. The molecule has 29 heavy (non-hydrogen) atoms. The normalized spacial score (nSPS) is 18.8. The van der Waals surface area contributed by atoms with Gasteiger partial charge in [0.05, 0.1) is 18.9 Å². The van der Waals surface area contributed by atoms with Crippen molar-refractivity contribution in [3.8, 4) is 0 Å². The molecule has 1 aromatic carbocycles. The number of ether oxygens (including phenoxy) is 1. The number of morpholine rings is 1. The Morgan fingerprint density at radius 1 is 0.931 bits per heavy atom. The number of piperazine rings is 1. The van der Waals surface area contributed by atoms with Gasteiger partial charge in [0.1, 0.15) is 5.82 Å². The van der Waals surface area contributed by atoms with Crippen LogP contribution in [0.4, 0.5) is 10.1 Å². The molecule has 0 radical (unpaired) electrons. The average molecular weight is 423 g/mol. The Labute approximate surface area is 168 Å². The minimum absolute atomic E-state index is 0.0174. The van der Waals surface area contributed by atoms with Crippen molar-refractivity contribution in [2.45, 2.75) is 5.09 Å². The van der Waals surface area contributed by atoms with E-state index in [2.05, 4.69) is 0 Å². The maximum atomic E-state index is 14.0. The number of anilines is 1. The first-order valence-corrected chi connectivity index (χ1v) is 10.9. The summed E-state index contributed by atoms with van der Waals surface area (Å²) in [5.41, 5.74) is 0.511. The summed E-state index contributed by atoms with van der Waals surface area (Å²) in [4.78, 5) is 16.2. The number of nitrogens with zero attached hydrogens (tertiary/aromatic N) is 3. The molecular weight excluding hydrogens is 401 g/mol. The van der Waals surface area contributed by atoms with Gasteiger partial charge < -0.3 is 19.0 Å². The Bertz CT molecular complexity index is 979. The van der Waals surface area contributed by atoms with Gasteiger partial charge in [0.15, 0.2) is 5.76 Å². The van der Waals surface area contributed by atoms with Crippen LogP contribution >= 0.6 is 0 Å².